The van der Waals surface area contributed by atoms with Gasteiger partial charge in [0.1, 0.15) is 5.82 Å². The van der Waals surface area contributed by atoms with Crippen molar-refractivity contribution < 1.29 is 9.90 Å². The van der Waals surface area contributed by atoms with E-state index < -0.39 is 5.97 Å². The van der Waals surface area contributed by atoms with E-state index in [1.165, 1.54) is 11.5 Å². The summed E-state index contributed by atoms with van der Waals surface area (Å²) in [5, 5.41) is 9.73. The highest BCUT2D eigenvalue weighted by Crippen LogP contribution is 2.26. The van der Waals surface area contributed by atoms with Gasteiger partial charge in [0.15, 0.2) is 0 Å². The molecular formula is C11H17N3O2S. The monoisotopic (exact) mass is 255 g/mol. The molecule has 6 heteroatoms. The largest absolute Gasteiger partial charge is 0.481 e. The van der Waals surface area contributed by atoms with Crippen LogP contribution in [0.3, 0.4) is 0 Å². The molecule has 17 heavy (non-hydrogen) atoms. The van der Waals surface area contributed by atoms with Gasteiger partial charge in [0.05, 0.1) is 0 Å². The molecule has 0 aliphatic carbocycles. The maximum Gasteiger partial charge on any atom is 0.303 e. The van der Waals surface area contributed by atoms with Crippen LogP contribution in [0.4, 0.5) is 5.13 Å². The Kier molecular flexibility index (Phi) is 3.93. The fourth-order valence-corrected chi connectivity index (χ4v) is 2.89. The summed E-state index contributed by atoms with van der Waals surface area (Å²) in [6, 6.07) is 0. The number of carboxylic acid groups (broad SMARTS) is 1. The van der Waals surface area contributed by atoms with Crippen LogP contribution in [-0.2, 0) is 11.2 Å². The van der Waals surface area contributed by atoms with Gasteiger partial charge in [0.2, 0.25) is 5.13 Å². The Balaban J connectivity index is 1.88. The average Bonchev–Trinajstić information content (AvgIpc) is 2.78. The molecule has 94 valence electrons. The standard InChI is InChI=1S/C11H17N3O2S/c1-2-9-12-11(17-13-9)14-5-3-8(4-6-14)7-10(15)16/h8H,2-7H2,1H3,(H,15,16). The first-order valence-corrected chi connectivity index (χ1v) is 6.75. The van der Waals surface area contributed by atoms with Crippen LogP contribution >= 0.6 is 11.5 Å². The molecule has 0 saturated carbocycles. The summed E-state index contributed by atoms with van der Waals surface area (Å²) in [4.78, 5) is 17.3. The third-order valence-corrected chi connectivity index (χ3v) is 3.94. The number of aryl methyl sites for hydroxylation is 1. The highest BCUT2D eigenvalue weighted by Gasteiger charge is 2.23. The Morgan fingerprint density at radius 1 is 1.53 bits per heavy atom. The number of piperidine rings is 1. The predicted molar refractivity (Wildman–Crippen MR) is 66.5 cm³/mol. The summed E-state index contributed by atoms with van der Waals surface area (Å²) in [6.45, 7) is 3.84. The van der Waals surface area contributed by atoms with Crippen LogP contribution < -0.4 is 4.90 Å². The maximum atomic E-state index is 10.6. The molecule has 1 aliphatic heterocycles. The number of anilines is 1. The van der Waals surface area contributed by atoms with Gasteiger partial charge in [-0.2, -0.15) is 4.37 Å². The van der Waals surface area contributed by atoms with Crippen LogP contribution in [0.25, 0.3) is 0 Å². The van der Waals surface area contributed by atoms with E-state index in [0.29, 0.717) is 12.3 Å². The van der Waals surface area contributed by atoms with Crippen LogP contribution in [0.15, 0.2) is 0 Å². The Morgan fingerprint density at radius 2 is 2.24 bits per heavy atom. The fourth-order valence-electron chi connectivity index (χ4n) is 2.09. The second kappa shape index (κ2) is 5.44. The van der Waals surface area contributed by atoms with Crippen molar-refractivity contribution in [3.63, 3.8) is 0 Å². The van der Waals surface area contributed by atoms with Gasteiger partial charge in [0, 0.05) is 37.5 Å². The summed E-state index contributed by atoms with van der Waals surface area (Å²) >= 11 is 1.44. The first-order chi connectivity index (χ1) is 8.19. The molecule has 0 amide bonds. The summed E-state index contributed by atoms with van der Waals surface area (Å²) in [6.07, 6.45) is 3.04. The van der Waals surface area contributed by atoms with Crippen molar-refractivity contribution in [2.45, 2.75) is 32.6 Å². The van der Waals surface area contributed by atoms with Gasteiger partial charge >= 0.3 is 5.97 Å². The average molecular weight is 255 g/mol. The summed E-state index contributed by atoms with van der Waals surface area (Å²) in [7, 11) is 0. The molecule has 0 radical (unpaired) electrons. The predicted octanol–water partition coefficient (Wildman–Crippen LogP) is 1.79. The maximum absolute atomic E-state index is 10.6. The molecule has 1 aromatic rings. The van der Waals surface area contributed by atoms with E-state index in [9.17, 15) is 4.79 Å². The second-order valence-electron chi connectivity index (χ2n) is 4.38. The van der Waals surface area contributed by atoms with Gasteiger partial charge in [-0.05, 0) is 18.8 Å². The molecule has 5 nitrogen and oxygen atoms in total. The topological polar surface area (TPSA) is 66.3 Å². The van der Waals surface area contributed by atoms with E-state index in [4.69, 9.17) is 5.11 Å². The number of rotatable bonds is 4. The zero-order valence-electron chi connectivity index (χ0n) is 9.93. The fraction of sp³-hybridized carbons (Fsp3) is 0.727. The number of nitrogens with zero attached hydrogens (tertiary/aromatic N) is 3. The van der Waals surface area contributed by atoms with E-state index in [0.717, 1.165) is 43.3 Å². The van der Waals surface area contributed by atoms with Crippen LogP contribution in [0.2, 0.25) is 0 Å². The Labute approximate surface area is 105 Å². The van der Waals surface area contributed by atoms with Gasteiger partial charge in [-0.1, -0.05) is 6.92 Å². The van der Waals surface area contributed by atoms with Crippen LogP contribution in [-0.4, -0.2) is 33.5 Å². The lowest BCUT2D eigenvalue weighted by Gasteiger charge is -2.30. The Hall–Kier alpha value is -1.17. The molecule has 0 atom stereocenters. The number of carbonyl (C=O) groups is 1. The first kappa shape index (κ1) is 12.3. The third-order valence-electron chi connectivity index (χ3n) is 3.12. The van der Waals surface area contributed by atoms with Gasteiger partial charge in [0.25, 0.3) is 0 Å². The Morgan fingerprint density at radius 3 is 2.76 bits per heavy atom. The van der Waals surface area contributed by atoms with E-state index in [1.807, 2.05) is 6.92 Å². The molecular weight excluding hydrogens is 238 g/mol. The summed E-state index contributed by atoms with van der Waals surface area (Å²) < 4.78 is 4.27. The zero-order chi connectivity index (χ0) is 12.3. The molecule has 1 N–H and O–H groups in total. The molecule has 1 saturated heterocycles. The van der Waals surface area contributed by atoms with Crippen LogP contribution in [0.5, 0.6) is 0 Å². The van der Waals surface area contributed by atoms with Crippen LogP contribution in [0.1, 0.15) is 32.0 Å². The molecule has 2 heterocycles. The smallest absolute Gasteiger partial charge is 0.303 e. The molecule has 0 bridgehead atoms. The highest BCUT2D eigenvalue weighted by molar-refractivity contribution is 7.09. The van der Waals surface area contributed by atoms with Gasteiger partial charge in [-0.3, -0.25) is 4.79 Å². The van der Waals surface area contributed by atoms with Crippen molar-refractivity contribution in [3.8, 4) is 0 Å². The van der Waals surface area contributed by atoms with E-state index in [1.54, 1.807) is 0 Å². The molecule has 1 aliphatic rings. The van der Waals surface area contributed by atoms with Crippen molar-refractivity contribution in [1.29, 1.82) is 0 Å². The summed E-state index contributed by atoms with van der Waals surface area (Å²) in [5.74, 6) is 0.535. The van der Waals surface area contributed by atoms with Crippen molar-refractivity contribution in [3.05, 3.63) is 5.82 Å². The van der Waals surface area contributed by atoms with Gasteiger partial charge in [-0.25, -0.2) is 4.98 Å². The van der Waals surface area contributed by atoms with E-state index >= 15 is 0 Å². The number of hydrogen-bond acceptors (Lipinski definition) is 5. The molecule has 0 unspecified atom stereocenters. The van der Waals surface area contributed by atoms with Gasteiger partial charge < -0.3 is 10.0 Å². The first-order valence-electron chi connectivity index (χ1n) is 5.98. The minimum atomic E-state index is -0.687. The Bertz CT molecular complexity index is 386. The number of carboxylic acids is 1. The minimum absolute atomic E-state index is 0.296. The number of aromatic nitrogens is 2. The van der Waals surface area contributed by atoms with Crippen molar-refractivity contribution >= 4 is 22.6 Å². The highest BCUT2D eigenvalue weighted by atomic mass is 32.1. The molecule has 0 spiro atoms. The summed E-state index contributed by atoms with van der Waals surface area (Å²) in [5.41, 5.74) is 0. The molecule has 1 aromatic heterocycles. The third kappa shape index (κ3) is 3.15. The second-order valence-corrected chi connectivity index (χ2v) is 5.11. The minimum Gasteiger partial charge on any atom is -0.481 e. The number of aliphatic carboxylic acids is 1. The molecule has 1 fully saturated rings. The zero-order valence-corrected chi connectivity index (χ0v) is 10.7. The van der Waals surface area contributed by atoms with E-state index in [2.05, 4.69) is 14.3 Å². The lowest BCUT2D eigenvalue weighted by molar-refractivity contribution is -0.138. The SMILES string of the molecule is CCc1nsc(N2CCC(CC(=O)O)CC2)n1. The lowest BCUT2D eigenvalue weighted by Crippen LogP contribution is -2.34. The van der Waals surface area contributed by atoms with Gasteiger partial charge in [-0.15, -0.1) is 0 Å². The number of hydrogen-bond donors (Lipinski definition) is 1. The van der Waals surface area contributed by atoms with E-state index in [-0.39, 0.29) is 0 Å². The molecule has 0 aromatic carbocycles. The van der Waals surface area contributed by atoms with Crippen LogP contribution in [0, 0.1) is 5.92 Å². The van der Waals surface area contributed by atoms with Crippen molar-refractivity contribution in [1.82, 2.24) is 9.36 Å². The quantitative estimate of drug-likeness (QED) is 0.888. The van der Waals surface area contributed by atoms with Crippen molar-refractivity contribution in [2.75, 3.05) is 18.0 Å². The van der Waals surface area contributed by atoms with Crippen molar-refractivity contribution in [2.24, 2.45) is 5.92 Å². The molecule has 2 rings (SSSR count). The normalized spacial score (nSPS) is 17.4. The lowest BCUT2D eigenvalue weighted by atomic mass is 9.94.